The van der Waals surface area contributed by atoms with Crippen LogP contribution < -0.4 is 31.1 Å². The van der Waals surface area contributed by atoms with Gasteiger partial charge in [-0.25, -0.2) is 0 Å². The third kappa shape index (κ3) is 8.65. The molecule has 0 spiro atoms. The summed E-state index contributed by atoms with van der Waals surface area (Å²) in [7, 11) is 0. The number of hydrogen-bond donors (Lipinski definition) is 0. The van der Waals surface area contributed by atoms with Crippen LogP contribution in [0.2, 0.25) is 0 Å². The second kappa shape index (κ2) is 19.0. The van der Waals surface area contributed by atoms with E-state index in [1.54, 1.807) is 0 Å². The number of hydrogen-bond acceptors (Lipinski definition) is 3. The van der Waals surface area contributed by atoms with Crippen molar-refractivity contribution < 1.29 is 0 Å². The molecule has 3 heterocycles. The summed E-state index contributed by atoms with van der Waals surface area (Å²) in [6.07, 6.45) is 2.08. The van der Waals surface area contributed by atoms with E-state index in [4.69, 9.17) is 0 Å². The van der Waals surface area contributed by atoms with Crippen molar-refractivity contribution in [2.24, 2.45) is 0 Å². The summed E-state index contributed by atoms with van der Waals surface area (Å²) < 4.78 is 0. The quantitative estimate of drug-likeness (QED) is 0.159. The molecule has 0 radical (unpaired) electrons. The highest BCUT2D eigenvalue weighted by Gasteiger charge is 2.60. The summed E-state index contributed by atoms with van der Waals surface area (Å²) in [5.41, 5.74) is 28.5. The first-order chi connectivity index (χ1) is 39.6. The maximum absolute atomic E-state index is 2.81. The molecule has 9 aromatic rings. The molecule has 0 saturated heterocycles. The van der Waals surface area contributed by atoms with Gasteiger partial charge in [0, 0.05) is 50.7 Å². The molecule has 2 atom stereocenters. The Labute approximate surface area is 503 Å². The van der Waals surface area contributed by atoms with E-state index in [2.05, 4.69) is 320 Å². The number of fused-ring (bicyclic) bond motifs is 9. The molecule has 0 fully saturated rings. The van der Waals surface area contributed by atoms with E-state index in [1.807, 2.05) is 0 Å². The smallest absolute Gasteiger partial charge is 0.252 e. The number of anilines is 8. The van der Waals surface area contributed by atoms with E-state index >= 15 is 0 Å². The van der Waals surface area contributed by atoms with Gasteiger partial charge in [-0.1, -0.05) is 244 Å². The lowest BCUT2D eigenvalue weighted by Gasteiger charge is -2.52. The van der Waals surface area contributed by atoms with Crippen LogP contribution in [-0.4, -0.2) is 6.71 Å². The fraction of sp³-hybridized carbons (Fsp3) is 0.325. The first-order valence-electron chi connectivity index (χ1n) is 31.1. The van der Waals surface area contributed by atoms with Gasteiger partial charge in [-0.15, -0.1) is 0 Å². The maximum atomic E-state index is 2.81. The number of rotatable bonds is 5. The SMILES string of the molecule is CC(C)(C)c1ccc2c(c1)B1c3cc(C(C)(C)C)ccc3N(c3ccc(C(C)(C)C)cc3-c3ccccc3)c3cc(N4c5ccc(C(C)(C)C)cc5C5(C)CCc6ccccc6C45C)cc(c31)N2c1ccc(C(C)(C)C)cc1-c1ccccc1. The molecule has 4 heteroatoms. The predicted molar refractivity (Wildman–Crippen MR) is 363 cm³/mol. The molecule has 4 aliphatic rings. The van der Waals surface area contributed by atoms with Crippen molar-refractivity contribution in [3.05, 3.63) is 233 Å². The van der Waals surface area contributed by atoms with Gasteiger partial charge >= 0.3 is 0 Å². The van der Waals surface area contributed by atoms with E-state index in [-0.39, 0.29) is 39.2 Å². The molecular formula is C80H86BN3. The summed E-state index contributed by atoms with van der Waals surface area (Å²) in [6, 6.07) is 74.2. The van der Waals surface area contributed by atoms with Crippen LogP contribution in [0.4, 0.5) is 45.5 Å². The third-order valence-electron chi connectivity index (χ3n) is 20.1. The van der Waals surface area contributed by atoms with Crippen LogP contribution in [0.1, 0.15) is 169 Å². The van der Waals surface area contributed by atoms with Crippen molar-refractivity contribution in [3.63, 3.8) is 0 Å². The van der Waals surface area contributed by atoms with Crippen LogP contribution in [0.25, 0.3) is 22.3 Å². The van der Waals surface area contributed by atoms with Crippen LogP contribution in [0, 0.1) is 0 Å². The highest BCUT2D eigenvalue weighted by Crippen LogP contribution is 2.65. The standard InChI is InChI=1S/C80H86BN3/c1-74(2,3)54-32-37-66(60(44-54)51-26-20-18-21-27-51)82-69-40-35-57(77(10,11)12)47-64(69)81-65-48-58(78(13,14)15)36-41-70(65)83(67-38-33-55(75(4,5)6)45-61(67)52-28-22-19-23-29-52)72-50-59(49-71(82)73(72)81)84-68-39-34-56(76(7,8)9)46-63(68)79(16)43-42-53-30-24-25-31-62(53)80(79,84)17/h18-41,44-50H,42-43H2,1-17H3. The molecular weight excluding hydrogens is 1010 g/mol. The van der Waals surface area contributed by atoms with Crippen molar-refractivity contribution in [2.45, 2.75) is 169 Å². The molecule has 3 nitrogen and oxygen atoms in total. The zero-order valence-corrected chi connectivity index (χ0v) is 53.2. The average molecular weight is 1100 g/mol. The van der Waals surface area contributed by atoms with Crippen LogP contribution in [-0.2, 0) is 44.4 Å². The first kappa shape index (κ1) is 55.6. The second-order valence-corrected chi connectivity index (χ2v) is 30.6. The van der Waals surface area contributed by atoms with Crippen molar-refractivity contribution in [1.29, 1.82) is 0 Å². The summed E-state index contributed by atoms with van der Waals surface area (Å²) in [5, 5.41) is 0. The molecule has 424 valence electrons. The lowest BCUT2D eigenvalue weighted by Crippen LogP contribution is -2.62. The first-order valence-corrected chi connectivity index (χ1v) is 31.1. The summed E-state index contributed by atoms with van der Waals surface area (Å²) in [4.78, 5) is 8.21. The molecule has 3 aliphatic heterocycles. The van der Waals surface area contributed by atoms with Gasteiger partial charge in [0.25, 0.3) is 6.71 Å². The Morgan fingerprint density at radius 2 is 0.738 bits per heavy atom. The van der Waals surface area contributed by atoms with E-state index in [0.717, 1.165) is 12.8 Å². The maximum Gasteiger partial charge on any atom is 0.252 e. The zero-order valence-electron chi connectivity index (χ0n) is 53.2. The summed E-state index contributed by atoms with van der Waals surface area (Å²) in [6.45, 7) is 40.5. The number of nitrogens with zero attached hydrogens (tertiary/aromatic N) is 3. The summed E-state index contributed by atoms with van der Waals surface area (Å²) >= 11 is 0. The molecule has 0 N–H and O–H groups in total. The van der Waals surface area contributed by atoms with Gasteiger partial charge in [0.1, 0.15) is 0 Å². The predicted octanol–water partition coefficient (Wildman–Crippen LogP) is 19.9. The van der Waals surface area contributed by atoms with E-state index in [1.165, 1.54) is 129 Å². The van der Waals surface area contributed by atoms with E-state index in [0.29, 0.717) is 0 Å². The minimum absolute atomic E-state index is 0.0215. The molecule has 1 aliphatic carbocycles. The average Bonchev–Trinajstić information content (AvgIpc) is 1.38. The third-order valence-corrected chi connectivity index (χ3v) is 20.1. The van der Waals surface area contributed by atoms with E-state index < -0.39 is 5.54 Å². The Morgan fingerprint density at radius 1 is 0.357 bits per heavy atom. The highest BCUT2D eigenvalue weighted by molar-refractivity contribution is 7.00. The monoisotopic (exact) mass is 1100 g/mol. The van der Waals surface area contributed by atoms with Gasteiger partial charge in [-0.05, 0) is 173 Å². The second-order valence-electron chi connectivity index (χ2n) is 30.6. The Kier molecular flexibility index (Phi) is 12.6. The fourth-order valence-corrected chi connectivity index (χ4v) is 14.8. The van der Waals surface area contributed by atoms with Crippen molar-refractivity contribution in [2.75, 3.05) is 14.7 Å². The lowest BCUT2D eigenvalue weighted by atomic mass is 9.33. The lowest BCUT2D eigenvalue weighted by molar-refractivity contribution is 0.245. The van der Waals surface area contributed by atoms with Gasteiger partial charge in [0.05, 0.1) is 16.9 Å². The highest BCUT2D eigenvalue weighted by atomic mass is 15.3. The molecule has 2 unspecified atom stereocenters. The number of benzene rings is 9. The molecule has 13 rings (SSSR count). The Morgan fingerprint density at radius 3 is 1.18 bits per heavy atom. The Bertz CT molecular complexity index is 3900. The van der Waals surface area contributed by atoms with Crippen LogP contribution in [0.5, 0.6) is 0 Å². The van der Waals surface area contributed by atoms with Gasteiger partial charge in [-0.2, -0.15) is 0 Å². The minimum atomic E-state index is -0.452. The molecule has 0 saturated carbocycles. The fourth-order valence-electron chi connectivity index (χ4n) is 14.8. The van der Waals surface area contributed by atoms with Gasteiger partial charge in [0.15, 0.2) is 0 Å². The topological polar surface area (TPSA) is 9.72 Å². The molecule has 84 heavy (non-hydrogen) atoms. The van der Waals surface area contributed by atoms with Gasteiger partial charge in [0.2, 0.25) is 0 Å². The normalized spacial score (nSPS) is 18.2. The molecule has 0 bridgehead atoms. The molecule has 0 aromatic heterocycles. The van der Waals surface area contributed by atoms with Crippen LogP contribution >= 0.6 is 0 Å². The van der Waals surface area contributed by atoms with Crippen LogP contribution in [0.3, 0.4) is 0 Å². The minimum Gasteiger partial charge on any atom is -0.330 e. The Hall–Kier alpha value is -7.56. The van der Waals surface area contributed by atoms with Crippen LogP contribution in [0.15, 0.2) is 188 Å². The van der Waals surface area contributed by atoms with E-state index in [9.17, 15) is 0 Å². The Balaban J connectivity index is 1.23. The van der Waals surface area contributed by atoms with Gasteiger partial charge < -0.3 is 14.7 Å². The zero-order chi connectivity index (χ0) is 59.4. The largest absolute Gasteiger partial charge is 0.330 e. The molecule has 9 aromatic carbocycles. The van der Waals surface area contributed by atoms with Gasteiger partial charge in [-0.3, -0.25) is 0 Å². The summed E-state index contributed by atoms with van der Waals surface area (Å²) in [5.74, 6) is 0. The number of aryl methyl sites for hydroxylation is 1. The van der Waals surface area contributed by atoms with Crippen molar-refractivity contribution >= 4 is 68.6 Å². The van der Waals surface area contributed by atoms with Crippen molar-refractivity contribution in [3.8, 4) is 22.3 Å². The molecule has 0 amide bonds. The van der Waals surface area contributed by atoms with Crippen molar-refractivity contribution in [1.82, 2.24) is 0 Å².